The number of hydrogen-bond donors (Lipinski definition) is 1. The van der Waals surface area contributed by atoms with Gasteiger partial charge in [0, 0.05) is 25.4 Å². The number of aromatic nitrogens is 2. The molecule has 6 nitrogen and oxygen atoms in total. The first-order chi connectivity index (χ1) is 12.5. The molecule has 2 aromatic rings. The smallest absolute Gasteiger partial charge is 0.230 e. The van der Waals surface area contributed by atoms with Crippen LogP contribution in [0.15, 0.2) is 30.6 Å². The molecule has 1 aliphatic heterocycles. The summed E-state index contributed by atoms with van der Waals surface area (Å²) in [5.41, 5.74) is 0.767. The van der Waals surface area contributed by atoms with E-state index in [1.807, 2.05) is 0 Å². The maximum Gasteiger partial charge on any atom is 0.230 e. The summed E-state index contributed by atoms with van der Waals surface area (Å²) in [6, 6.07) is 5.08. The lowest BCUT2D eigenvalue weighted by atomic mass is 10.1. The Balaban J connectivity index is 1.61. The van der Waals surface area contributed by atoms with Crippen LogP contribution in [0.1, 0.15) is 18.4 Å². The van der Waals surface area contributed by atoms with Gasteiger partial charge < -0.3 is 15.0 Å². The first-order valence-electron chi connectivity index (χ1n) is 8.40. The van der Waals surface area contributed by atoms with E-state index in [4.69, 9.17) is 27.9 Å². The summed E-state index contributed by atoms with van der Waals surface area (Å²) in [5, 5.41) is 3.59. The third-order valence-corrected chi connectivity index (χ3v) is 4.71. The van der Waals surface area contributed by atoms with E-state index in [0.29, 0.717) is 21.7 Å². The molecule has 26 heavy (non-hydrogen) atoms. The minimum atomic E-state index is -0.200. The van der Waals surface area contributed by atoms with Gasteiger partial charge in [-0.1, -0.05) is 29.3 Å². The molecule has 2 aromatic heterocycles. The van der Waals surface area contributed by atoms with Crippen LogP contribution >= 0.6 is 23.2 Å². The minimum absolute atomic E-state index is 0.120. The molecule has 3 heterocycles. The number of carbonyl (C=O) groups is 1. The molecule has 1 saturated heterocycles. The number of nitrogens with zero attached hydrogens (tertiary/aromatic N) is 3. The first kappa shape index (κ1) is 18.9. The van der Waals surface area contributed by atoms with Gasteiger partial charge in [0.1, 0.15) is 27.8 Å². The Morgan fingerprint density at radius 2 is 2.04 bits per heavy atom. The monoisotopic (exact) mass is 394 g/mol. The fourth-order valence-electron chi connectivity index (χ4n) is 2.74. The van der Waals surface area contributed by atoms with Gasteiger partial charge in [0.2, 0.25) is 5.91 Å². The van der Waals surface area contributed by atoms with E-state index in [9.17, 15) is 4.79 Å². The van der Waals surface area contributed by atoms with Crippen LogP contribution in [0, 0.1) is 0 Å². The van der Waals surface area contributed by atoms with Crippen LogP contribution in [0.25, 0.3) is 0 Å². The summed E-state index contributed by atoms with van der Waals surface area (Å²) >= 11 is 11.9. The van der Waals surface area contributed by atoms with Gasteiger partial charge in [-0.05, 0) is 31.5 Å². The molecule has 1 amide bonds. The first-order valence-corrected chi connectivity index (χ1v) is 9.16. The summed E-state index contributed by atoms with van der Waals surface area (Å²) in [7, 11) is 2.10. The number of ether oxygens (including phenoxy) is 1. The number of piperidine rings is 1. The third kappa shape index (κ3) is 5.30. The van der Waals surface area contributed by atoms with Crippen LogP contribution in [0.2, 0.25) is 10.2 Å². The summed E-state index contributed by atoms with van der Waals surface area (Å²) in [6.45, 7) is 1.98. The van der Waals surface area contributed by atoms with Gasteiger partial charge in [0.15, 0.2) is 0 Å². The van der Waals surface area contributed by atoms with Gasteiger partial charge >= 0.3 is 0 Å². The number of nitrogens with one attached hydrogen (secondary N) is 1. The SMILES string of the molecule is CN1CCC(Oc2cc(NC(=O)Cc3ccc(Cl)nc3)ncc2Cl)CC1. The Labute approximate surface area is 162 Å². The van der Waals surface area contributed by atoms with Crippen molar-refractivity contribution in [2.45, 2.75) is 25.4 Å². The van der Waals surface area contributed by atoms with E-state index >= 15 is 0 Å². The third-order valence-electron chi connectivity index (χ3n) is 4.20. The minimum Gasteiger partial charge on any atom is -0.489 e. The summed E-state index contributed by atoms with van der Waals surface area (Å²) in [5.74, 6) is 0.748. The second-order valence-corrected chi connectivity index (χ2v) is 7.13. The van der Waals surface area contributed by atoms with Crippen molar-refractivity contribution in [1.29, 1.82) is 0 Å². The van der Waals surface area contributed by atoms with E-state index in [0.717, 1.165) is 31.5 Å². The van der Waals surface area contributed by atoms with Crippen molar-refractivity contribution >= 4 is 34.9 Å². The van der Waals surface area contributed by atoms with Crippen molar-refractivity contribution in [3.05, 3.63) is 46.3 Å². The van der Waals surface area contributed by atoms with Gasteiger partial charge in [-0.3, -0.25) is 4.79 Å². The zero-order valence-corrected chi connectivity index (χ0v) is 15.9. The number of halogens is 2. The number of anilines is 1. The standard InChI is InChI=1S/C18H20Cl2N4O2/c1-24-6-4-13(5-7-24)26-15-9-17(22-11-14(15)19)23-18(25)8-12-2-3-16(20)21-10-12/h2-3,9-11,13H,4-8H2,1H3,(H,22,23,25). The van der Waals surface area contributed by atoms with E-state index in [-0.39, 0.29) is 18.4 Å². The second-order valence-electron chi connectivity index (χ2n) is 6.33. The molecule has 1 N–H and O–H groups in total. The highest BCUT2D eigenvalue weighted by atomic mass is 35.5. The highest BCUT2D eigenvalue weighted by Gasteiger charge is 2.19. The van der Waals surface area contributed by atoms with Crippen molar-refractivity contribution in [3.63, 3.8) is 0 Å². The maximum absolute atomic E-state index is 12.2. The van der Waals surface area contributed by atoms with E-state index in [2.05, 4.69) is 27.2 Å². The van der Waals surface area contributed by atoms with E-state index in [1.54, 1.807) is 24.4 Å². The fraction of sp³-hybridized carbons (Fsp3) is 0.389. The van der Waals surface area contributed by atoms with Crippen LogP contribution in [-0.2, 0) is 11.2 Å². The Morgan fingerprint density at radius 1 is 1.27 bits per heavy atom. The lowest BCUT2D eigenvalue weighted by Crippen LogP contribution is -2.35. The summed E-state index contributed by atoms with van der Waals surface area (Å²) in [4.78, 5) is 22.6. The molecule has 1 aliphatic rings. The Morgan fingerprint density at radius 3 is 2.73 bits per heavy atom. The summed E-state index contributed by atoms with van der Waals surface area (Å²) < 4.78 is 6.01. The molecule has 8 heteroatoms. The second kappa shape index (κ2) is 8.66. The normalized spacial score (nSPS) is 15.7. The number of pyridine rings is 2. The van der Waals surface area contributed by atoms with Gasteiger partial charge in [0.25, 0.3) is 0 Å². The number of hydrogen-bond acceptors (Lipinski definition) is 5. The average Bonchev–Trinajstić information content (AvgIpc) is 2.62. The van der Waals surface area contributed by atoms with Crippen molar-refractivity contribution in [3.8, 4) is 5.75 Å². The van der Waals surface area contributed by atoms with E-state index in [1.165, 1.54) is 6.20 Å². The van der Waals surface area contributed by atoms with Gasteiger partial charge in [-0.15, -0.1) is 0 Å². The number of carbonyl (C=O) groups excluding carboxylic acids is 1. The molecule has 0 unspecified atom stereocenters. The quantitative estimate of drug-likeness (QED) is 0.786. The largest absolute Gasteiger partial charge is 0.489 e. The number of likely N-dealkylation sites (tertiary alicyclic amines) is 1. The predicted octanol–water partition coefficient (Wildman–Crippen LogP) is 3.44. The zero-order valence-electron chi connectivity index (χ0n) is 14.4. The Bertz CT molecular complexity index is 762. The molecule has 0 aromatic carbocycles. The molecule has 0 bridgehead atoms. The molecule has 0 saturated carbocycles. The zero-order chi connectivity index (χ0) is 18.5. The Hall–Kier alpha value is -1.89. The van der Waals surface area contributed by atoms with Crippen LogP contribution in [0.5, 0.6) is 5.75 Å². The van der Waals surface area contributed by atoms with Gasteiger partial charge in [0.05, 0.1) is 12.6 Å². The highest BCUT2D eigenvalue weighted by molar-refractivity contribution is 6.32. The van der Waals surface area contributed by atoms with Crippen molar-refractivity contribution in [1.82, 2.24) is 14.9 Å². The van der Waals surface area contributed by atoms with Crippen molar-refractivity contribution < 1.29 is 9.53 Å². The van der Waals surface area contributed by atoms with Crippen molar-refractivity contribution in [2.24, 2.45) is 0 Å². The van der Waals surface area contributed by atoms with Crippen LogP contribution in [0.3, 0.4) is 0 Å². The Kier molecular flexibility index (Phi) is 6.29. The molecule has 0 aliphatic carbocycles. The fourth-order valence-corrected chi connectivity index (χ4v) is 3.00. The lowest BCUT2D eigenvalue weighted by molar-refractivity contribution is -0.115. The molecule has 1 fully saturated rings. The predicted molar refractivity (Wildman–Crippen MR) is 102 cm³/mol. The topological polar surface area (TPSA) is 67.3 Å². The average molecular weight is 395 g/mol. The molecule has 0 radical (unpaired) electrons. The highest BCUT2D eigenvalue weighted by Crippen LogP contribution is 2.28. The van der Waals surface area contributed by atoms with E-state index < -0.39 is 0 Å². The number of amides is 1. The van der Waals surface area contributed by atoms with Crippen LogP contribution in [0.4, 0.5) is 5.82 Å². The molecule has 3 rings (SSSR count). The van der Waals surface area contributed by atoms with Gasteiger partial charge in [-0.2, -0.15) is 0 Å². The molecule has 138 valence electrons. The molecule has 0 atom stereocenters. The van der Waals surface area contributed by atoms with Crippen LogP contribution in [-0.4, -0.2) is 47.0 Å². The van der Waals surface area contributed by atoms with Crippen molar-refractivity contribution in [2.75, 3.05) is 25.5 Å². The lowest BCUT2D eigenvalue weighted by Gasteiger charge is -2.29. The van der Waals surface area contributed by atoms with Gasteiger partial charge in [-0.25, -0.2) is 9.97 Å². The molecule has 0 spiro atoms. The van der Waals surface area contributed by atoms with Crippen LogP contribution < -0.4 is 10.1 Å². The maximum atomic E-state index is 12.2. The molecular weight excluding hydrogens is 375 g/mol. The molecular formula is C18H20Cl2N4O2. The summed E-state index contributed by atoms with van der Waals surface area (Å²) in [6.07, 6.45) is 5.26. The number of rotatable bonds is 5.